The lowest BCUT2D eigenvalue weighted by Gasteiger charge is -2.25. The van der Waals surface area contributed by atoms with Gasteiger partial charge in [-0.3, -0.25) is 4.99 Å². The SMILES string of the molecule is CN=C(NCCN(C)C(C)C)N(C)Cc1ccc(SC)cc1. The number of nitrogens with one attached hydrogen (secondary N) is 1. The van der Waals surface area contributed by atoms with Gasteiger partial charge in [0.25, 0.3) is 0 Å². The van der Waals surface area contributed by atoms with E-state index in [0.29, 0.717) is 6.04 Å². The average molecular weight is 323 g/mol. The zero-order valence-corrected chi connectivity index (χ0v) is 15.6. The topological polar surface area (TPSA) is 30.9 Å². The first kappa shape index (κ1) is 18.8. The van der Waals surface area contributed by atoms with Crippen LogP contribution in [0.2, 0.25) is 0 Å². The minimum absolute atomic E-state index is 0.566. The van der Waals surface area contributed by atoms with E-state index in [1.807, 2.05) is 7.05 Å². The molecule has 1 rings (SSSR count). The Morgan fingerprint density at radius 3 is 2.36 bits per heavy atom. The molecule has 0 aliphatic heterocycles. The predicted octanol–water partition coefficient (Wildman–Crippen LogP) is 2.76. The zero-order valence-electron chi connectivity index (χ0n) is 14.8. The quantitative estimate of drug-likeness (QED) is 0.475. The first-order chi connectivity index (χ1) is 10.5. The van der Waals surface area contributed by atoms with Crippen molar-refractivity contribution in [3.05, 3.63) is 29.8 Å². The lowest BCUT2D eigenvalue weighted by molar-refractivity contribution is 0.277. The van der Waals surface area contributed by atoms with E-state index in [0.717, 1.165) is 25.6 Å². The van der Waals surface area contributed by atoms with Crippen molar-refractivity contribution >= 4 is 17.7 Å². The van der Waals surface area contributed by atoms with E-state index in [4.69, 9.17) is 0 Å². The minimum Gasteiger partial charge on any atom is -0.355 e. The van der Waals surface area contributed by atoms with Gasteiger partial charge in [0.1, 0.15) is 0 Å². The second-order valence-corrected chi connectivity index (χ2v) is 6.63. The Morgan fingerprint density at radius 2 is 1.86 bits per heavy atom. The van der Waals surface area contributed by atoms with Crippen LogP contribution in [0.25, 0.3) is 0 Å². The number of nitrogens with zero attached hydrogens (tertiary/aromatic N) is 3. The van der Waals surface area contributed by atoms with Crippen molar-refractivity contribution in [2.75, 3.05) is 40.5 Å². The Balaban J connectivity index is 2.48. The van der Waals surface area contributed by atoms with Gasteiger partial charge in [0.2, 0.25) is 0 Å². The molecule has 4 nitrogen and oxygen atoms in total. The van der Waals surface area contributed by atoms with Gasteiger partial charge in [-0.15, -0.1) is 11.8 Å². The van der Waals surface area contributed by atoms with Crippen LogP contribution < -0.4 is 5.32 Å². The molecule has 1 aromatic rings. The maximum Gasteiger partial charge on any atom is 0.193 e. The first-order valence-electron chi connectivity index (χ1n) is 7.73. The monoisotopic (exact) mass is 322 g/mol. The Bertz CT molecular complexity index is 456. The third-order valence-corrected chi connectivity index (χ3v) is 4.52. The summed E-state index contributed by atoms with van der Waals surface area (Å²) < 4.78 is 0. The van der Waals surface area contributed by atoms with Crippen molar-refractivity contribution in [1.29, 1.82) is 0 Å². The number of aliphatic imine (C=N–C) groups is 1. The van der Waals surface area contributed by atoms with Crippen LogP contribution in [-0.2, 0) is 6.54 Å². The highest BCUT2D eigenvalue weighted by Crippen LogP contribution is 2.15. The summed E-state index contributed by atoms with van der Waals surface area (Å²) in [6.07, 6.45) is 2.10. The standard InChI is InChI=1S/C17H30N4S/c1-14(2)20(4)12-11-19-17(18-3)21(5)13-15-7-9-16(22-6)10-8-15/h7-10,14H,11-13H2,1-6H3,(H,18,19). The molecule has 124 valence electrons. The molecule has 0 unspecified atom stereocenters. The second kappa shape index (κ2) is 9.74. The van der Waals surface area contributed by atoms with Crippen molar-refractivity contribution in [2.24, 2.45) is 4.99 Å². The Morgan fingerprint density at radius 1 is 1.23 bits per heavy atom. The van der Waals surface area contributed by atoms with Crippen molar-refractivity contribution in [2.45, 2.75) is 31.3 Å². The summed E-state index contributed by atoms with van der Waals surface area (Å²) in [4.78, 5) is 10.1. The molecule has 0 fully saturated rings. The number of hydrogen-bond donors (Lipinski definition) is 1. The third kappa shape index (κ3) is 6.28. The maximum absolute atomic E-state index is 4.37. The fraction of sp³-hybridized carbons (Fsp3) is 0.588. The molecule has 5 heteroatoms. The van der Waals surface area contributed by atoms with Gasteiger partial charge in [-0.25, -0.2) is 0 Å². The van der Waals surface area contributed by atoms with E-state index < -0.39 is 0 Å². The van der Waals surface area contributed by atoms with Crippen LogP contribution in [0.1, 0.15) is 19.4 Å². The summed E-state index contributed by atoms with van der Waals surface area (Å²) in [7, 11) is 6.05. The fourth-order valence-electron chi connectivity index (χ4n) is 2.07. The molecule has 0 aliphatic rings. The number of guanidine groups is 1. The van der Waals surface area contributed by atoms with Crippen LogP contribution in [0.5, 0.6) is 0 Å². The van der Waals surface area contributed by atoms with Gasteiger partial charge >= 0.3 is 0 Å². The summed E-state index contributed by atoms with van der Waals surface area (Å²) in [5.74, 6) is 0.936. The zero-order chi connectivity index (χ0) is 16.5. The lowest BCUT2D eigenvalue weighted by Crippen LogP contribution is -2.42. The molecule has 0 heterocycles. The molecule has 0 atom stereocenters. The van der Waals surface area contributed by atoms with Crippen LogP contribution >= 0.6 is 11.8 Å². The Hall–Kier alpha value is -1.20. The molecular weight excluding hydrogens is 292 g/mol. The molecule has 1 N–H and O–H groups in total. The van der Waals surface area contributed by atoms with Gasteiger partial charge < -0.3 is 15.1 Å². The van der Waals surface area contributed by atoms with E-state index >= 15 is 0 Å². The largest absolute Gasteiger partial charge is 0.355 e. The van der Waals surface area contributed by atoms with Crippen molar-refractivity contribution in [1.82, 2.24) is 15.1 Å². The van der Waals surface area contributed by atoms with Gasteiger partial charge in [-0.05, 0) is 44.8 Å². The van der Waals surface area contributed by atoms with Crippen LogP contribution in [0.4, 0.5) is 0 Å². The smallest absolute Gasteiger partial charge is 0.193 e. The van der Waals surface area contributed by atoms with Gasteiger partial charge in [0, 0.05) is 44.7 Å². The fourth-order valence-corrected chi connectivity index (χ4v) is 2.47. The molecule has 0 amide bonds. The summed E-state index contributed by atoms with van der Waals surface area (Å²) in [5.41, 5.74) is 1.29. The lowest BCUT2D eigenvalue weighted by atomic mass is 10.2. The van der Waals surface area contributed by atoms with E-state index in [-0.39, 0.29) is 0 Å². The van der Waals surface area contributed by atoms with Crippen molar-refractivity contribution < 1.29 is 0 Å². The van der Waals surface area contributed by atoms with Crippen LogP contribution in [-0.4, -0.2) is 62.3 Å². The summed E-state index contributed by atoms with van der Waals surface area (Å²) in [6, 6.07) is 9.27. The van der Waals surface area contributed by atoms with Gasteiger partial charge in [-0.1, -0.05) is 12.1 Å². The van der Waals surface area contributed by atoms with E-state index in [2.05, 4.69) is 78.6 Å². The van der Waals surface area contributed by atoms with Crippen molar-refractivity contribution in [3.63, 3.8) is 0 Å². The van der Waals surface area contributed by atoms with Gasteiger partial charge in [0.05, 0.1) is 0 Å². The Labute approximate surface area is 140 Å². The number of hydrogen-bond acceptors (Lipinski definition) is 3. The highest BCUT2D eigenvalue weighted by Gasteiger charge is 2.08. The molecule has 0 spiro atoms. The van der Waals surface area contributed by atoms with E-state index in [9.17, 15) is 0 Å². The number of benzene rings is 1. The third-order valence-electron chi connectivity index (χ3n) is 3.78. The highest BCUT2D eigenvalue weighted by molar-refractivity contribution is 7.98. The first-order valence-corrected chi connectivity index (χ1v) is 8.95. The number of rotatable bonds is 7. The summed E-state index contributed by atoms with van der Waals surface area (Å²) in [6.45, 7) is 7.18. The molecule has 0 aliphatic carbocycles. The molecule has 0 bridgehead atoms. The minimum atomic E-state index is 0.566. The summed E-state index contributed by atoms with van der Waals surface area (Å²) in [5, 5.41) is 3.43. The van der Waals surface area contributed by atoms with Crippen LogP contribution in [0.15, 0.2) is 34.2 Å². The normalized spacial score (nSPS) is 12.1. The van der Waals surface area contributed by atoms with Crippen LogP contribution in [0, 0.1) is 0 Å². The van der Waals surface area contributed by atoms with Crippen LogP contribution in [0.3, 0.4) is 0 Å². The summed E-state index contributed by atoms with van der Waals surface area (Å²) >= 11 is 1.77. The predicted molar refractivity (Wildman–Crippen MR) is 98.8 cm³/mol. The number of likely N-dealkylation sites (N-methyl/N-ethyl adjacent to an activating group) is 1. The average Bonchev–Trinajstić information content (AvgIpc) is 2.51. The van der Waals surface area contributed by atoms with E-state index in [1.165, 1.54) is 10.5 Å². The van der Waals surface area contributed by atoms with Gasteiger partial charge in [0.15, 0.2) is 5.96 Å². The Kier molecular flexibility index (Phi) is 8.35. The second-order valence-electron chi connectivity index (χ2n) is 5.75. The highest BCUT2D eigenvalue weighted by atomic mass is 32.2. The maximum atomic E-state index is 4.37. The number of thioether (sulfide) groups is 1. The molecule has 0 aromatic heterocycles. The van der Waals surface area contributed by atoms with Gasteiger partial charge in [-0.2, -0.15) is 0 Å². The van der Waals surface area contributed by atoms with E-state index in [1.54, 1.807) is 11.8 Å². The molecule has 1 aromatic carbocycles. The van der Waals surface area contributed by atoms with Crippen molar-refractivity contribution in [3.8, 4) is 0 Å². The molecular formula is C17H30N4S. The molecule has 0 saturated heterocycles. The molecule has 22 heavy (non-hydrogen) atoms. The molecule has 0 radical (unpaired) electrons. The molecule has 0 saturated carbocycles.